The van der Waals surface area contributed by atoms with Crippen molar-refractivity contribution in [1.82, 2.24) is 9.97 Å². The number of nitrogens with two attached hydrogens (primary N) is 1. The van der Waals surface area contributed by atoms with E-state index in [0.29, 0.717) is 34.4 Å². The van der Waals surface area contributed by atoms with Crippen molar-refractivity contribution in [2.45, 2.75) is 26.7 Å². The van der Waals surface area contributed by atoms with Gasteiger partial charge < -0.3 is 10.5 Å². The molecule has 0 bridgehead atoms. The number of para-hydroxylation sites is 1. The van der Waals surface area contributed by atoms with E-state index in [4.69, 9.17) is 15.7 Å². The number of ether oxygens (including phenoxy) is 1. The first-order valence-corrected chi connectivity index (χ1v) is 6.34. The lowest BCUT2D eigenvalue weighted by molar-refractivity contribution is 0.452. The van der Waals surface area contributed by atoms with Gasteiger partial charge in [-0.25, -0.2) is 4.98 Å². The summed E-state index contributed by atoms with van der Waals surface area (Å²) in [6.45, 7) is 5.76. The molecule has 1 aromatic carbocycles. The van der Waals surface area contributed by atoms with Crippen molar-refractivity contribution in [3.8, 4) is 17.7 Å². The summed E-state index contributed by atoms with van der Waals surface area (Å²) in [5.74, 6) is 2.02. The number of nitriles is 1. The van der Waals surface area contributed by atoms with E-state index in [0.717, 1.165) is 0 Å². The zero-order valence-corrected chi connectivity index (χ0v) is 11.7. The molecular formula is C15H16N4O. The van der Waals surface area contributed by atoms with Gasteiger partial charge in [-0.2, -0.15) is 10.2 Å². The molecular weight excluding hydrogens is 252 g/mol. The van der Waals surface area contributed by atoms with E-state index in [1.807, 2.05) is 13.8 Å². The van der Waals surface area contributed by atoms with Crippen molar-refractivity contribution in [3.63, 3.8) is 0 Å². The number of aromatic nitrogens is 2. The number of benzene rings is 1. The number of nitrogens with zero attached hydrogens (tertiary/aromatic N) is 3. The first-order chi connectivity index (χ1) is 9.52. The van der Waals surface area contributed by atoms with E-state index >= 15 is 0 Å². The summed E-state index contributed by atoms with van der Waals surface area (Å²) in [4.78, 5) is 8.62. The molecule has 0 fully saturated rings. The largest absolute Gasteiger partial charge is 0.437 e. The normalized spacial score (nSPS) is 10.3. The maximum atomic E-state index is 9.08. The van der Waals surface area contributed by atoms with Crippen LogP contribution in [0.1, 0.15) is 36.7 Å². The summed E-state index contributed by atoms with van der Waals surface area (Å²) in [6.07, 6.45) is 0. The molecule has 2 N–H and O–H groups in total. The lowest BCUT2D eigenvalue weighted by Crippen LogP contribution is -2.06. The standard InChI is InChI=1S/C15H16N4O/c1-9(2)14-18-13(17)10(3)15(19-14)20-12-7-5-4-6-11(12)8-16/h4-7,9H,1-3H3,(H2,17,18,19). The summed E-state index contributed by atoms with van der Waals surface area (Å²) < 4.78 is 5.75. The zero-order valence-electron chi connectivity index (χ0n) is 11.7. The van der Waals surface area contributed by atoms with Gasteiger partial charge in [-0.05, 0) is 19.1 Å². The molecule has 0 aliphatic carbocycles. The van der Waals surface area contributed by atoms with Crippen molar-refractivity contribution >= 4 is 5.82 Å². The van der Waals surface area contributed by atoms with Crippen LogP contribution in [0.3, 0.4) is 0 Å². The maximum Gasteiger partial charge on any atom is 0.227 e. The van der Waals surface area contributed by atoms with Crippen molar-refractivity contribution in [2.75, 3.05) is 5.73 Å². The molecule has 20 heavy (non-hydrogen) atoms. The lowest BCUT2D eigenvalue weighted by Gasteiger charge is -2.13. The number of anilines is 1. The molecule has 1 aromatic heterocycles. The van der Waals surface area contributed by atoms with E-state index in [9.17, 15) is 0 Å². The maximum absolute atomic E-state index is 9.08. The third-order valence-corrected chi connectivity index (χ3v) is 2.89. The Morgan fingerprint density at radius 2 is 1.95 bits per heavy atom. The minimum Gasteiger partial charge on any atom is -0.437 e. The SMILES string of the molecule is Cc1c(N)nc(C(C)C)nc1Oc1ccccc1C#N. The Balaban J connectivity index is 2.46. The Morgan fingerprint density at radius 3 is 2.60 bits per heavy atom. The van der Waals surface area contributed by atoms with E-state index < -0.39 is 0 Å². The third-order valence-electron chi connectivity index (χ3n) is 2.89. The van der Waals surface area contributed by atoms with Crippen molar-refractivity contribution in [2.24, 2.45) is 0 Å². The van der Waals surface area contributed by atoms with Gasteiger partial charge in [0.2, 0.25) is 5.88 Å². The molecule has 0 saturated carbocycles. The second kappa shape index (κ2) is 5.57. The molecule has 102 valence electrons. The fourth-order valence-corrected chi connectivity index (χ4v) is 1.64. The van der Waals surface area contributed by atoms with Gasteiger partial charge in [-0.15, -0.1) is 0 Å². The highest BCUT2D eigenvalue weighted by atomic mass is 16.5. The van der Waals surface area contributed by atoms with Crippen LogP contribution in [-0.4, -0.2) is 9.97 Å². The summed E-state index contributed by atoms with van der Waals surface area (Å²) in [7, 11) is 0. The predicted molar refractivity (Wildman–Crippen MR) is 76.5 cm³/mol. The molecule has 0 saturated heterocycles. The van der Waals surface area contributed by atoms with Crippen LogP contribution < -0.4 is 10.5 Å². The summed E-state index contributed by atoms with van der Waals surface area (Å²) in [6, 6.07) is 9.10. The van der Waals surface area contributed by atoms with Crippen LogP contribution >= 0.6 is 0 Å². The highest BCUT2D eigenvalue weighted by Crippen LogP contribution is 2.29. The van der Waals surface area contributed by atoms with Gasteiger partial charge in [0.1, 0.15) is 23.5 Å². The average molecular weight is 268 g/mol. The molecule has 2 rings (SSSR count). The van der Waals surface area contributed by atoms with Gasteiger partial charge in [-0.1, -0.05) is 26.0 Å². The minimum atomic E-state index is 0.145. The highest BCUT2D eigenvalue weighted by molar-refractivity contribution is 5.49. The second-order valence-electron chi connectivity index (χ2n) is 4.76. The van der Waals surface area contributed by atoms with Crippen LogP contribution in [0.15, 0.2) is 24.3 Å². The quantitative estimate of drug-likeness (QED) is 0.924. The molecule has 1 heterocycles. The van der Waals surface area contributed by atoms with E-state index in [1.165, 1.54) is 0 Å². The molecule has 0 aliphatic heterocycles. The van der Waals surface area contributed by atoms with Crippen LogP contribution in [0.5, 0.6) is 11.6 Å². The fraction of sp³-hybridized carbons (Fsp3) is 0.267. The van der Waals surface area contributed by atoms with Crippen molar-refractivity contribution < 1.29 is 4.74 Å². The monoisotopic (exact) mass is 268 g/mol. The Labute approximate surface area is 118 Å². The van der Waals surface area contributed by atoms with E-state index in [1.54, 1.807) is 31.2 Å². The minimum absolute atomic E-state index is 0.145. The summed E-state index contributed by atoms with van der Waals surface area (Å²) in [5.41, 5.74) is 7.01. The Hall–Kier alpha value is -2.61. The molecule has 0 unspecified atom stereocenters. The van der Waals surface area contributed by atoms with Gasteiger partial charge in [0.15, 0.2) is 0 Å². The molecule has 0 aliphatic rings. The zero-order chi connectivity index (χ0) is 14.7. The first kappa shape index (κ1) is 13.8. The average Bonchev–Trinajstić information content (AvgIpc) is 2.44. The van der Waals surface area contributed by atoms with E-state index in [-0.39, 0.29) is 5.92 Å². The smallest absolute Gasteiger partial charge is 0.227 e. The van der Waals surface area contributed by atoms with Crippen LogP contribution in [0.2, 0.25) is 0 Å². The van der Waals surface area contributed by atoms with Gasteiger partial charge in [-0.3, -0.25) is 0 Å². The molecule has 0 radical (unpaired) electrons. The molecule has 0 atom stereocenters. The third kappa shape index (κ3) is 2.69. The highest BCUT2D eigenvalue weighted by Gasteiger charge is 2.14. The van der Waals surface area contributed by atoms with Gasteiger partial charge in [0.25, 0.3) is 0 Å². The van der Waals surface area contributed by atoms with Crippen LogP contribution in [-0.2, 0) is 0 Å². The second-order valence-corrected chi connectivity index (χ2v) is 4.76. The molecule has 0 spiro atoms. The Kier molecular flexibility index (Phi) is 3.85. The van der Waals surface area contributed by atoms with Gasteiger partial charge >= 0.3 is 0 Å². The fourth-order valence-electron chi connectivity index (χ4n) is 1.64. The topological polar surface area (TPSA) is 84.8 Å². The summed E-state index contributed by atoms with van der Waals surface area (Å²) >= 11 is 0. The number of hydrogen-bond donors (Lipinski definition) is 1. The Bertz CT molecular complexity index is 674. The van der Waals surface area contributed by atoms with Crippen molar-refractivity contribution in [3.05, 3.63) is 41.2 Å². The summed E-state index contributed by atoms with van der Waals surface area (Å²) in [5, 5.41) is 9.08. The predicted octanol–water partition coefficient (Wildman–Crippen LogP) is 3.15. The van der Waals surface area contributed by atoms with E-state index in [2.05, 4.69) is 16.0 Å². The molecule has 5 heteroatoms. The first-order valence-electron chi connectivity index (χ1n) is 6.34. The Morgan fingerprint density at radius 1 is 1.25 bits per heavy atom. The van der Waals surface area contributed by atoms with Gasteiger partial charge in [0.05, 0.1) is 11.1 Å². The molecule has 2 aromatic rings. The van der Waals surface area contributed by atoms with Crippen molar-refractivity contribution in [1.29, 1.82) is 5.26 Å². The number of nitrogen functional groups attached to an aromatic ring is 1. The molecule has 5 nitrogen and oxygen atoms in total. The molecule has 0 amide bonds. The van der Waals surface area contributed by atoms with Gasteiger partial charge in [0, 0.05) is 5.92 Å². The van der Waals surface area contributed by atoms with Crippen LogP contribution in [0.25, 0.3) is 0 Å². The van der Waals surface area contributed by atoms with Crippen LogP contribution in [0.4, 0.5) is 5.82 Å². The number of rotatable bonds is 3. The van der Waals surface area contributed by atoms with Crippen LogP contribution in [0, 0.1) is 18.3 Å². The lowest BCUT2D eigenvalue weighted by atomic mass is 10.2. The number of hydrogen-bond acceptors (Lipinski definition) is 5.